The standard InChI is InChI=1S/C20H22ClN5O3S2/c21-16-9-8-15(31(28,29)25-10-4-1-2-5-11-25)13-17(16)22-19(27)14-30-20-24-23-18-7-3-6-12-26(18)20/h3,6-9,12-13H,1-2,4-5,10-11,14H2,(H,22,27). The van der Waals surface area contributed by atoms with Crippen molar-refractivity contribution in [2.24, 2.45) is 0 Å². The van der Waals surface area contributed by atoms with E-state index in [0.29, 0.717) is 23.9 Å². The Kier molecular flexibility index (Phi) is 6.80. The predicted octanol–water partition coefficient (Wildman–Crippen LogP) is 3.68. The van der Waals surface area contributed by atoms with E-state index >= 15 is 0 Å². The van der Waals surface area contributed by atoms with Crippen LogP contribution in [-0.2, 0) is 14.8 Å². The average Bonchev–Trinajstić information content (AvgIpc) is 2.96. The third-order valence-corrected chi connectivity index (χ3v) is 8.20. The number of thioether (sulfide) groups is 1. The number of fused-ring (bicyclic) bond motifs is 1. The van der Waals surface area contributed by atoms with Gasteiger partial charge in [-0.25, -0.2) is 8.42 Å². The zero-order valence-electron chi connectivity index (χ0n) is 16.7. The highest BCUT2D eigenvalue weighted by molar-refractivity contribution is 7.99. The van der Waals surface area contributed by atoms with Crippen LogP contribution in [0.25, 0.3) is 5.65 Å². The molecule has 0 unspecified atom stereocenters. The second-order valence-electron chi connectivity index (χ2n) is 7.21. The van der Waals surface area contributed by atoms with Crippen molar-refractivity contribution in [1.82, 2.24) is 18.9 Å². The first-order valence-corrected chi connectivity index (χ1v) is 12.8. The predicted molar refractivity (Wildman–Crippen MR) is 121 cm³/mol. The lowest BCUT2D eigenvalue weighted by molar-refractivity contribution is -0.113. The maximum absolute atomic E-state index is 13.0. The van der Waals surface area contributed by atoms with Gasteiger partial charge in [-0.3, -0.25) is 9.20 Å². The Bertz CT molecular complexity index is 1190. The first kappa shape index (κ1) is 22.1. The Balaban J connectivity index is 1.46. The van der Waals surface area contributed by atoms with Crippen molar-refractivity contribution in [1.29, 1.82) is 0 Å². The van der Waals surface area contributed by atoms with E-state index in [-0.39, 0.29) is 27.3 Å². The van der Waals surface area contributed by atoms with E-state index in [1.54, 1.807) is 4.40 Å². The van der Waals surface area contributed by atoms with Crippen LogP contribution in [0.1, 0.15) is 25.7 Å². The van der Waals surface area contributed by atoms with Crippen LogP contribution in [0.3, 0.4) is 0 Å². The van der Waals surface area contributed by atoms with Gasteiger partial charge in [-0.2, -0.15) is 4.31 Å². The number of rotatable bonds is 6. The molecule has 1 saturated heterocycles. The number of sulfonamides is 1. The normalized spacial score (nSPS) is 15.6. The molecule has 0 aliphatic carbocycles. The lowest BCUT2D eigenvalue weighted by Crippen LogP contribution is -2.32. The van der Waals surface area contributed by atoms with Gasteiger partial charge in [0.1, 0.15) is 0 Å². The van der Waals surface area contributed by atoms with Crippen molar-refractivity contribution in [3.63, 3.8) is 0 Å². The lowest BCUT2D eigenvalue weighted by Gasteiger charge is -2.20. The van der Waals surface area contributed by atoms with Crippen LogP contribution in [0.15, 0.2) is 52.6 Å². The molecular formula is C20H22ClN5O3S2. The molecule has 1 amide bonds. The van der Waals surface area contributed by atoms with Gasteiger partial charge in [-0.1, -0.05) is 42.3 Å². The van der Waals surface area contributed by atoms with Gasteiger partial charge in [0, 0.05) is 19.3 Å². The first-order valence-electron chi connectivity index (χ1n) is 9.97. The molecule has 164 valence electrons. The highest BCUT2D eigenvalue weighted by atomic mass is 35.5. The Labute approximate surface area is 190 Å². The van der Waals surface area contributed by atoms with Gasteiger partial charge < -0.3 is 5.32 Å². The number of pyridine rings is 1. The highest BCUT2D eigenvalue weighted by Gasteiger charge is 2.26. The smallest absolute Gasteiger partial charge is 0.243 e. The van der Waals surface area contributed by atoms with E-state index in [9.17, 15) is 13.2 Å². The van der Waals surface area contributed by atoms with Crippen LogP contribution < -0.4 is 5.32 Å². The molecule has 1 fully saturated rings. The van der Waals surface area contributed by atoms with E-state index in [1.807, 2.05) is 24.4 Å². The molecule has 2 aromatic heterocycles. The Hall–Kier alpha value is -2.14. The van der Waals surface area contributed by atoms with Crippen LogP contribution in [0.4, 0.5) is 5.69 Å². The molecule has 0 saturated carbocycles. The maximum atomic E-state index is 13.0. The number of anilines is 1. The summed E-state index contributed by atoms with van der Waals surface area (Å²) in [6, 6.07) is 9.96. The number of carbonyl (C=O) groups is 1. The topological polar surface area (TPSA) is 96.7 Å². The average molecular weight is 480 g/mol. The fraction of sp³-hybridized carbons (Fsp3) is 0.350. The molecule has 31 heavy (non-hydrogen) atoms. The number of nitrogens with zero attached hydrogens (tertiary/aromatic N) is 4. The van der Waals surface area contributed by atoms with Gasteiger partial charge in [-0.15, -0.1) is 10.2 Å². The molecule has 3 heterocycles. The van der Waals surface area contributed by atoms with E-state index < -0.39 is 10.0 Å². The fourth-order valence-electron chi connectivity index (χ4n) is 3.43. The number of nitrogens with one attached hydrogen (secondary N) is 1. The zero-order valence-corrected chi connectivity index (χ0v) is 19.1. The number of hydrogen-bond donors (Lipinski definition) is 1. The number of halogens is 1. The van der Waals surface area contributed by atoms with Crippen molar-refractivity contribution in [2.75, 3.05) is 24.2 Å². The lowest BCUT2D eigenvalue weighted by atomic mass is 10.2. The van der Waals surface area contributed by atoms with E-state index in [4.69, 9.17) is 11.6 Å². The Morgan fingerprint density at radius 3 is 2.65 bits per heavy atom. The van der Waals surface area contributed by atoms with Crippen LogP contribution in [0.2, 0.25) is 5.02 Å². The molecule has 4 rings (SSSR count). The second kappa shape index (κ2) is 9.56. The summed E-state index contributed by atoms with van der Waals surface area (Å²) >= 11 is 7.46. The third kappa shape index (κ3) is 5.03. The van der Waals surface area contributed by atoms with Gasteiger partial charge in [-0.05, 0) is 43.2 Å². The first-order chi connectivity index (χ1) is 14.9. The Morgan fingerprint density at radius 1 is 1.10 bits per heavy atom. The fourth-order valence-corrected chi connectivity index (χ4v) is 5.86. The summed E-state index contributed by atoms with van der Waals surface area (Å²) < 4.78 is 29.4. The van der Waals surface area contributed by atoms with Crippen LogP contribution in [0, 0.1) is 0 Å². The minimum atomic E-state index is -3.64. The molecule has 3 aromatic rings. The molecular weight excluding hydrogens is 458 g/mol. The van der Waals surface area contributed by atoms with Crippen LogP contribution in [0.5, 0.6) is 0 Å². The molecule has 11 heteroatoms. The van der Waals surface area contributed by atoms with Gasteiger partial charge in [0.05, 0.1) is 21.4 Å². The minimum Gasteiger partial charge on any atom is -0.324 e. The number of benzene rings is 1. The summed E-state index contributed by atoms with van der Waals surface area (Å²) in [5.74, 6) is -0.237. The highest BCUT2D eigenvalue weighted by Crippen LogP contribution is 2.28. The summed E-state index contributed by atoms with van der Waals surface area (Å²) in [5.41, 5.74) is 0.967. The number of carbonyl (C=O) groups excluding carboxylic acids is 1. The van der Waals surface area contributed by atoms with Gasteiger partial charge in [0.25, 0.3) is 0 Å². The van der Waals surface area contributed by atoms with Crippen molar-refractivity contribution in [2.45, 2.75) is 35.7 Å². The number of hydrogen-bond acceptors (Lipinski definition) is 6. The van der Waals surface area contributed by atoms with Crippen LogP contribution >= 0.6 is 23.4 Å². The Morgan fingerprint density at radius 2 is 1.87 bits per heavy atom. The quantitative estimate of drug-likeness (QED) is 0.542. The molecule has 1 aromatic carbocycles. The summed E-state index contributed by atoms with van der Waals surface area (Å²) in [6.45, 7) is 1.02. The van der Waals surface area contributed by atoms with Crippen molar-refractivity contribution >= 4 is 50.6 Å². The zero-order chi connectivity index (χ0) is 21.8. The van der Waals surface area contributed by atoms with Gasteiger partial charge in [0.15, 0.2) is 10.8 Å². The van der Waals surface area contributed by atoms with E-state index in [1.165, 1.54) is 34.3 Å². The van der Waals surface area contributed by atoms with E-state index in [0.717, 1.165) is 25.7 Å². The van der Waals surface area contributed by atoms with Crippen LogP contribution in [-0.4, -0.2) is 52.1 Å². The molecule has 1 aliphatic heterocycles. The van der Waals surface area contributed by atoms with Crippen molar-refractivity contribution in [3.05, 3.63) is 47.6 Å². The third-order valence-electron chi connectivity index (χ3n) is 5.03. The monoisotopic (exact) mass is 479 g/mol. The van der Waals surface area contributed by atoms with E-state index in [2.05, 4.69) is 15.5 Å². The SMILES string of the molecule is O=C(CSc1nnc2ccccn12)Nc1cc(S(=O)(=O)N2CCCCCC2)ccc1Cl. The molecule has 0 bridgehead atoms. The van der Waals surface area contributed by atoms with Gasteiger partial charge >= 0.3 is 0 Å². The molecule has 0 spiro atoms. The second-order valence-corrected chi connectivity index (χ2v) is 10.5. The molecule has 0 radical (unpaired) electrons. The van der Waals surface area contributed by atoms with Crippen molar-refractivity contribution in [3.8, 4) is 0 Å². The van der Waals surface area contributed by atoms with Gasteiger partial charge in [0.2, 0.25) is 15.9 Å². The van der Waals surface area contributed by atoms with Crippen molar-refractivity contribution < 1.29 is 13.2 Å². The molecule has 1 N–H and O–H groups in total. The largest absolute Gasteiger partial charge is 0.324 e. The summed E-state index contributed by atoms with van der Waals surface area (Å²) in [6.07, 6.45) is 5.60. The summed E-state index contributed by atoms with van der Waals surface area (Å²) in [5, 5.41) is 11.7. The number of amides is 1. The summed E-state index contributed by atoms with van der Waals surface area (Å²) in [4.78, 5) is 12.6. The summed E-state index contributed by atoms with van der Waals surface area (Å²) in [7, 11) is -3.64. The molecule has 0 atom stereocenters. The maximum Gasteiger partial charge on any atom is 0.243 e. The molecule has 8 nitrogen and oxygen atoms in total. The molecule has 1 aliphatic rings. The minimum absolute atomic E-state index is 0.0785. The number of aromatic nitrogens is 3.